The van der Waals surface area contributed by atoms with Crippen molar-refractivity contribution in [3.05, 3.63) is 17.0 Å². The highest BCUT2D eigenvalue weighted by Gasteiger charge is 2.36. The summed E-state index contributed by atoms with van der Waals surface area (Å²) in [5, 5.41) is 0. The molecule has 0 N–H and O–H groups in total. The lowest BCUT2D eigenvalue weighted by Crippen LogP contribution is -2.59. The van der Waals surface area contributed by atoms with Crippen LogP contribution < -0.4 is 4.90 Å². The Hall–Kier alpha value is -0.720. The van der Waals surface area contributed by atoms with E-state index in [0.717, 1.165) is 43.0 Å². The number of ether oxygens (including phenoxy) is 1. The molecule has 1 aromatic rings. The summed E-state index contributed by atoms with van der Waals surface area (Å²) in [6.45, 7) is 3.83. The predicted molar refractivity (Wildman–Crippen MR) is 72.7 cm³/mol. The van der Waals surface area contributed by atoms with Gasteiger partial charge in [-0.1, -0.05) is 0 Å². The van der Waals surface area contributed by atoms with Crippen LogP contribution in [0.1, 0.15) is 6.42 Å². The average molecular weight is 313 g/mol. The highest BCUT2D eigenvalue weighted by atomic mass is 79.9. The molecule has 5 nitrogen and oxygen atoms in total. The van der Waals surface area contributed by atoms with Crippen molar-refractivity contribution < 1.29 is 4.74 Å². The third-order valence-electron chi connectivity index (χ3n) is 3.81. The minimum Gasteiger partial charge on any atom is -0.375 e. The van der Waals surface area contributed by atoms with E-state index in [4.69, 9.17) is 4.74 Å². The maximum absolute atomic E-state index is 5.85. The van der Waals surface area contributed by atoms with Crippen molar-refractivity contribution in [1.29, 1.82) is 0 Å². The number of nitrogens with zero attached hydrogens (tertiary/aromatic N) is 4. The molecule has 0 radical (unpaired) electrons. The molecule has 0 aromatic carbocycles. The summed E-state index contributed by atoms with van der Waals surface area (Å²) in [6, 6.07) is 0.467. The number of piperidine rings is 1. The van der Waals surface area contributed by atoms with E-state index in [0.29, 0.717) is 12.1 Å². The summed E-state index contributed by atoms with van der Waals surface area (Å²) < 4.78 is 6.81. The number of fused-ring (bicyclic) bond motifs is 1. The van der Waals surface area contributed by atoms with Crippen molar-refractivity contribution in [2.24, 2.45) is 0 Å². The second kappa shape index (κ2) is 5.11. The molecule has 2 atom stereocenters. The van der Waals surface area contributed by atoms with Crippen LogP contribution in [0.25, 0.3) is 0 Å². The van der Waals surface area contributed by atoms with Crippen LogP contribution in [0.5, 0.6) is 0 Å². The van der Waals surface area contributed by atoms with Gasteiger partial charge in [0.15, 0.2) is 0 Å². The molecule has 0 unspecified atom stereocenters. The van der Waals surface area contributed by atoms with Gasteiger partial charge in [0.1, 0.15) is 12.1 Å². The Kier molecular flexibility index (Phi) is 3.50. The third kappa shape index (κ3) is 2.24. The average Bonchev–Trinajstić information content (AvgIpc) is 2.40. The Morgan fingerprint density at radius 3 is 3.17 bits per heavy atom. The summed E-state index contributed by atoms with van der Waals surface area (Å²) in [7, 11) is 2.18. The third-order valence-corrected chi connectivity index (χ3v) is 4.37. The molecule has 0 bridgehead atoms. The molecular weight excluding hydrogens is 296 g/mol. The van der Waals surface area contributed by atoms with E-state index in [2.05, 4.69) is 42.7 Å². The fourth-order valence-electron chi connectivity index (χ4n) is 2.77. The standard InChI is InChI=1S/C12H17BrN4O/c1-16-4-5-18-11-2-3-17(7-10(11)16)12-9(13)6-14-8-15-12/h6,8,10-11H,2-5,7H2,1H3/t10-,11-/m1/s1. The lowest BCUT2D eigenvalue weighted by molar-refractivity contribution is -0.0688. The van der Waals surface area contributed by atoms with Crippen LogP contribution in [0, 0.1) is 0 Å². The number of likely N-dealkylation sites (N-methyl/N-ethyl adjacent to an activating group) is 1. The molecule has 2 aliphatic rings. The Morgan fingerprint density at radius 2 is 2.33 bits per heavy atom. The van der Waals surface area contributed by atoms with Gasteiger partial charge in [-0.3, -0.25) is 4.90 Å². The molecule has 0 aliphatic carbocycles. The lowest BCUT2D eigenvalue weighted by Gasteiger charge is -2.46. The van der Waals surface area contributed by atoms with Gasteiger partial charge in [0.2, 0.25) is 0 Å². The van der Waals surface area contributed by atoms with Crippen molar-refractivity contribution in [2.75, 3.05) is 38.2 Å². The molecule has 0 amide bonds. The molecule has 18 heavy (non-hydrogen) atoms. The number of anilines is 1. The smallest absolute Gasteiger partial charge is 0.146 e. The zero-order chi connectivity index (χ0) is 12.5. The molecule has 3 rings (SSSR count). The van der Waals surface area contributed by atoms with Crippen LogP contribution in [0.4, 0.5) is 5.82 Å². The van der Waals surface area contributed by atoms with Gasteiger partial charge >= 0.3 is 0 Å². The molecule has 3 heterocycles. The van der Waals surface area contributed by atoms with Gasteiger partial charge < -0.3 is 9.64 Å². The molecule has 2 aliphatic heterocycles. The number of rotatable bonds is 1. The van der Waals surface area contributed by atoms with E-state index in [1.165, 1.54) is 0 Å². The Labute approximate surface area is 115 Å². The molecule has 0 saturated carbocycles. The summed E-state index contributed by atoms with van der Waals surface area (Å²) in [5.41, 5.74) is 0. The van der Waals surface area contributed by atoms with Crippen LogP contribution in [0.3, 0.4) is 0 Å². The first kappa shape index (κ1) is 12.3. The van der Waals surface area contributed by atoms with Crippen molar-refractivity contribution in [1.82, 2.24) is 14.9 Å². The van der Waals surface area contributed by atoms with Gasteiger partial charge in [0, 0.05) is 25.8 Å². The first-order valence-corrected chi connectivity index (χ1v) is 7.07. The van der Waals surface area contributed by atoms with E-state index in [-0.39, 0.29) is 0 Å². The Bertz CT molecular complexity index is 430. The fourth-order valence-corrected chi connectivity index (χ4v) is 3.24. The van der Waals surface area contributed by atoms with Gasteiger partial charge in [-0.25, -0.2) is 9.97 Å². The molecule has 1 aromatic heterocycles. The number of hydrogen-bond acceptors (Lipinski definition) is 5. The lowest BCUT2D eigenvalue weighted by atomic mass is 9.99. The van der Waals surface area contributed by atoms with Crippen molar-refractivity contribution >= 4 is 21.7 Å². The fraction of sp³-hybridized carbons (Fsp3) is 0.667. The second-order valence-electron chi connectivity index (χ2n) is 4.89. The number of hydrogen-bond donors (Lipinski definition) is 0. The summed E-state index contributed by atoms with van der Waals surface area (Å²) in [6.07, 6.45) is 4.84. The molecule has 0 spiro atoms. The maximum atomic E-state index is 5.85. The van der Waals surface area contributed by atoms with Crippen LogP contribution >= 0.6 is 15.9 Å². The second-order valence-corrected chi connectivity index (χ2v) is 5.74. The minimum atomic E-state index is 0.376. The van der Waals surface area contributed by atoms with E-state index in [9.17, 15) is 0 Å². The Balaban J connectivity index is 1.78. The number of morpholine rings is 1. The quantitative estimate of drug-likeness (QED) is 0.778. The topological polar surface area (TPSA) is 41.5 Å². The van der Waals surface area contributed by atoms with E-state index < -0.39 is 0 Å². The van der Waals surface area contributed by atoms with Gasteiger partial charge in [0.05, 0.1) is 23.2 Å². The molecule has 2 saturated heterocycles. The minimum absolute atomic E-state index is 0.376. The molecule has 6 heteroatoms. The zero-order valence-corrected chi connectivity index (χ0v) is 12.0. The summed E-state index contributed by atoms with van der Waals surface area (Å²) in [4.78, 5) is 13.1. The van der Waals surface area contributed by atoms with Crippen LogP contribution in [-0.2, 0) is 4.74 Å². The SMILES string of the molecule is CN1CCO[C@@H]2CCN(c3ncncc3Br)C[C@H]21. The van der Waals surface area contributed by atoms with Gasteiger partial charge in [-0.15, -0.1) is 0 Å². The Morgan fingerprint density at radius 1 is 1.44 bits per heavy atom. The highest BCUT2D eigenvalue weighted by Crippen LogP contribution is 2.28. The number of aromatic nitrogens is 2. The molecule has 98 valence electrons. The van der Waals surface area contributed by atoms with E-state index >= 15 is 0 Å². The van der Waals surface area contributed by atoms with Gasteiger partial charge in [-0.2, -0.15) is 0 Å². The van der Waals surface area contributed by atoms with Crippen LogP contribution in [0.2, 0.25) is 0 Å². The van der Waals surface area contributed by atoms with E-state index in [1.807, 2.05) is 0 Å². The predicted octanol–water partition coefficient (Wildman–Crippen LogP) is 1.15. The van der Waals surface area contributed by atoms with Crippen LogP contribution in [0.15, 0.2) is 17.0 Å². The highest BCUT2D eigenvalue weighted by molar-refractivity contribution is 9.10. The normalized spacial score (nSPS) is 29.1. The van der Waals surface area contributed by atoms with Gasteiger partial charge in [-0.05, 0) is 29.4 Å². The zero-order valence-electron chi connectivity index (χ0n) is 10.4. The number of halogens is 1. The van der Waals surface area contributed by atoms with Crippen molar-refractivity contribution in [2.45, 2.75) is 18.6 Å². The largest absolute Gasteiger partial charge is 0.375 e. The van der Waals surface area contributed by atoms with Gasteiger partial charge in [0.25, 0.3) is 0 Å². The molecule has 2 fully saturated rings. The van der Waals surface area contributed by atoms with Crippen LogP contribution in [-0.4, -0.2) is 60.3 Å². The van der Waals surface area contributed by atoms with E-state index in [1.54, 1.807) is 12.5 Å². The van der Waals surface area contributed by atoms with Crippen molar-refractivity contribution in [3.8, 4) is 0 Å². The summed E-state index contributed by atoms with van der Waals surface area (Å²) >= 11 is 3.52. The first-order valence-electron chi connectivity index (χ1n) is 6.28. The maximum Gasteiger partial charge on any atom is 0.146 e. The summed E-state index contributed by atoms with van der Waals surface area (Å²) in [5.74, 6) is 0.988. The monoisotopic (exact) mass is 312 g/mol. The first-order chi connectivity index (χ1) is 8.75. The van der Waals surface area contributed by atoms with Crippen molar-refractivity contribution in [3.63, 3.8) is 0 Å². The molecular formula is C12H17BrN4O.